The minimum absolute atomic E-state index is 0.272. The molecule has 2 heterocycles. The van der Waals surface area contributed by atoms with Crippen LogP contribution >= 0.6 is 0 Å². The largest absolute Gasteiger partial charge is 0.368 e. The third kappa shape index (κ3) is 2.23. The van der Waals surface area contributed by atoms with Crippen LogP contribution in [-0.4, -0.2) is 21.9 Å². The zero-order valence-electron chi connectivity index (χ0n) is 11.6. The Morgan fingerprint density at radius 2 is 2.10 bits per heavy atom. The highest BCUT2D eigenvalue weighted by atomic mass is 16.1. The summed E-state index contributed by atoms with van der Waals surface area (Å²) in [6, 6.07) is 11.9. The van der Waals surface area contributed by atoms with Gasteiger partial charge in [0.25, 0.3) is 0 Å². The Hall–Kier alpha value is -2.07. The van der Waals surface area contributed by atoms with Crippen molar-refractivity contribution in [3.8, 4) is 0 Å². The van der Waals surface area contributed by atoms with Crippen molar-refractivity contribution < 1.29 is 4.79 Å². The van der Waals surface area contributed by atoms with Crippen LogP contribution in [0.25, 0.3) is 0 Å². The van der Waals surface area contributed by atoms with Crippen LogP contribution in [-0.2, 0) is 24.8 Å². The number of aryl methyl sites for hydroxylation is 1. The van der Waals surface area contributed by atoms with Crippen LogP contribution < -0.4 is 5.73 Å². The minimum atomic E-state index is -0.324. The van der Waals surface area contributed by atoms with E-state index in [1.165, 1.54) is 11.3 Å². The number of carbonyl (C=O) groups excluding carboxylic acids is 1. The molecule has 0 spiro atoms. The van der Waals surface area contributed by atoms with E-state index in [1.54, 1.807) is 0 Å². The lowest BCUT2D eigenvalue weighted by Gasteiger charge is -2.35. The van der Waals surface area contributed by atoms with Gasteiger partial charge in [-0.25, -0.2) is 0 Å². The summed E-state index contributed by atoms with van der Waals surface area (Å²) >= 11 is 0. The number of primary amides is 1. The molecule has 1 aromatic heterocycles. The highest BCUT2D eigenvalue weighted by Gasteiger charge is 2.31. The first kappa shape index (κ1) is 12.9. The van der Waals surface area contributed by atoms with E-state index >= 15 is 0 Å². The van der Waals surface area contributed by atoms with Gasteiger partial charge < -0.3 is 10.3 Å². The van der Waals surface area contributed by atoms with Gasteiger partial charge in [0.2, 0.25) is 5.91 Å². The van der Waals surface area contributed by atoms with Gasteiger partial charge in [-0.05, 0) is 29.7 Å². The van der Waals surface area contributed by atoms with Crippen molar-refractivity contribution in [3.05, 3.63) is 59.4 Å². The number of nitrogens with two attached hydrogens (primary N) is 1. The number of carbonyl (C=O) groups is 1. The van der Waals surface area contributed by atoms with Crippen molar-refractivity contribution in [1.82, 2.24) is 9.47 Å². The molecule has 104 valence electrons. The second-order valence-electron chi connectivity index (χ2n) is 5.33. The van der Waals surface area contributed by atoms with Gasteiger partial charge in [0, 0.05) is 32.0 Å². The van der Waals surface area contributed by atoms with E-state index in [4.69, 9.17) is 5.73 Å². The van der Waals surface area contributed by atoms with E-state index in [1.807, 2.05) is 37.5 Å². The van der Waals surface area contributed by atoms with Crippen molar-refractivity contribution in [3.63, 3.8) is 0 Å². The molecule has 0 bridgehead atoms. The molecule has 2 N–H and O–H groups in total. The summed E-state index contributed by atoms with van der Waals surface area (Å²) in [6.07, 6.45) is 2.98. The summed E-state index contributed by atoms with van der Waals surface area (Å²) in [5, 5.41) is 0. The van der Waals surface area contributed by atoms with Crippen LogP contribution in [0.2, 0.25) is 0 Å². The summed E-state index contributed by atoms with van der Waals surface area (Å²) in [7, 11) is 2.02. The molecule has 20 heavy (non-hydrogen) atoms. The zero-order valence-corrected chi connectivity index (χ0v) is 11.6. The number of hydrogen-bond acceptors (Lipinski definition) is 2. The first-order valence-electron chi connectivity index (χ1n) is 6.88. The van der Waals surface area contributed by atoms with E-state index in [0.29, 0.717) is 0 Å². The van der Waals surface area contributed by atoms with E-state index < -0.39 is 0 Å². The highest BCUT2D eigenvalue weighted by Crippen LogP contribution is 2.30. The predicted octanol–water partition coefficient (Wildman–Crippen LogP) is 1.61. The molecule has 1 unspecified atom stereocenters. The first-order valence-corrected chi connectivity index (χ1v) is 6.88. The van der Waals surface area contributed by atoms with Crippen molar-refractivity contribution in [1.29, 1.82) is 0 Å². The normalized spacial score (nSPS) is 18.8. The Kier molecular flexibility index (Phi) is 3.32. The molecular weight excluding hydrogens is 250 g/mol. The number of fused-ring (bicyclic) bond motifs is 1. The van der Waals surface area contributed by atoms with E-state index in [0.717, 1.165) is 25.1 Å². The van der Waals surface area contributed by atoms with Crippen LogP contribution in [0.4, 0.5) is 0 Å². The van der Waals surface area contributed by atoms with E-state index in [-0.39, 0.29) is 11.9 Å². The lowest BCUT2D eigenvalue weighted by Crippen LogP contribution is -2.42. The van der Waals surface area contributed by atoms with Crippen molar-refractivity contribution >= 4 is 5.91 Å². The summed E-state index contributed by atoms with van der Waals surface area (Å²) in [6.45, 7) is 1.60. The Morgan fingerprint density at radius 3 is 2.80 bits per heavy atom. The van der Waals surface area contributed by atoms with Crippen LogP contribution in [0, 0.1) is 0 Å². The van der Waals surface area contributed by atoms with Crippen molar-refractivity contribution in [2.24, 2.45) is 12.8 Å². The van der Waals surface area contributed by atoms with Crippen molar-refractivity contribution in [2.75, 3.05) is 6.54 Å². The molecule has 0 fully saturated rings. The second kappa shape index (κ2) is 5.13. The van der Waals surface area contributed by atoms with E-state index in [9.17, 15) is 4.79 Å². The molecule has 1 atom stereocenters. The molecular formula is C16H19N3O. The monoisotopic (exact) mass is 269 g/mol. The van der Waals surface area contributed by atoms with Gasteiger partial charge in [0.15, 0.2) is 0 Å². The fourth-order valence-electron chi connectivity index (χ4n) is 2.99. The maximum absolute atomic E-state index is 11.9. The quantitative estimate of drug-likeness (QED) is 0.920. The molecule has 0 saturated heterocycles. The van der Waals surface area contributed by atoms with Gasteiger partial charge >= 0.3 is 0 Å². The van der Waals surface area contributed by atoms with Gasteiger partial charge in [0.05, 0.1) is 0 Å². The maximum atomic E-state index is 11.9. The molecule has 0 saturated carbocycles. The van der Waals surface area contributed by atoms with Gasteiger partial charge in [0.1, 0.15) is 6.04 Å². The predicted molar refractivity (Wildman–Crippen MR) is 77.9 cm³/mol. The van der Waals surface area contributed by atoms with Crippen molar-refractivity contribution in [2.45, 2.75) is 19.0 Å². The third-order valence-corrected chi connectivity index (χ3v) is 4.07. The number of hydrogen-bond donors (Lipinski definition) is 1. The molecule has 1 aliphatic heterocycles. The number of aromatic nitrogens is 1. The molecule has 0 aliphatic carbocycles. The smallest absolute Gasteiger partial charge is 0.239 e. The first-order chi connectivity index (χ1) is 9.66. The van der Waals surface area contributed by atoms with Crippen LogP contribution in [0.15, 0.2) is 42.6 Å². The van der Waals surface area contributed by atoms with Crippen LogP contribution in [0.5, 0.6) is 0 Å². The fourth-order valence-corrected chi connectivity index (χ4v) is 2.99. The Morgan fingerprint density at radius 1 is 1.30 bits per heavy atom. The topological polar surface area (TPSA) is 51.3 Å². The molecule has 3 rings (SSSR count). The average molecular weight is 269 g/mol. The molecule has 1 amide bonds. The summed E-state index contributed by atoms with van der Waals surface area (Å²) in [5.41, 5.74) is 9.13. The average Bonchev–Trinajstić information content (AvgIpc) is 2.83. The molecule has 1 aromatic carbocycles. The molecule has 0 radical (unpaired) electrons. The molecule has 4 nitrogen and oxygen atoms in total. The third-order valence-electron chi connectivity index (χ3n) is 4.07. The standard InChI is InChI=1S/C16H19N3O/c1-18-9-4-6-13(18)11-19-10-8-12-5-2-3-7-14(12)15(19)16(17)20/h2-7,9,15H,8,10-11H2,1H3,(H2,17,20). The number of rotatable bonds is 3. The number of benzene rings is 1. The van der Waals surface area contributed by atoms with Crippen LogP contribution in [0.1, 0.15) is 22.9 Å². The number of amides is 1. The van der Waals surface area contributed by atoms with Gasteiger partial charge in [-0.2, -0.15) is 0 Å². The van der Waals surface area contributed by atoms with Gasteiger partial charge in [-0.15, -0.1) is 0 Å². The highest BCUT2D eigenvalue weighted by molar-refractivity contribution is 5.82. The van der Waals surface area contributed by atoms with E-state index in [2.05, 4.69) is 21.6 Å². The minimum Gasteiger partial charge on any atom is -0.368 e. The lowest BCUT2D eigenvalue weighted by molar-refractivity contribution is -0.124. The number of nitrogens with zero attached hydrogens (tertiary/aromatic N) is 2. The molecule has 1 aliphatic rings. The SMILES string of the molecule is Cn1cccc1CN1CCc2ccccc2C1C(N)=O. The van der Waals surface area contributed by atoms with Gasteiger partial charge in [-0.1, -0.05) is 24.3 Å². The Labute approximate surface area is 118 Å². The molecule has 4 heteroatoms. The summed E-state index contributed by atoms with van der Waals surface area (Å²) < 4.78 is 2.08. The Balaban J connectivity index is 1.92. The summed E-state index contributed by atoms with van der Waals surface area (Å²) in [5.74, 6) is -0.272. The zero-order chi connectivity index (χ0) is 14.1. The summed E-state index contributed by atoms with van der Waals surface area (Å²) in [4.78, 5) is 14.1. The second-order valence-corrected chi connectivity index (χ2v) is 5.33. The fraction of sp³-hybridized carbons (Fsp3) is 0.312. The van der Waals surface area contributed by atoms with Gasteiger partial charge in [-0.3, -0.25) is 9.69 Å². The lowest BCUT2D eigenvalue weighted by atomic mass is 9.92. The van der Waals surface area contributed by atoms with Crippen LogP contribution in [0.3, 0.4) is 0 Å². The maximum Gasteiger partial charge on any atom is 0.239 e. The molecule has 2 aromatic rings. The Bertz CT molecular complexity index is 632.